The summed E-state index contributed by atoms with van der Waals surface area (Å²) in [4.78, 5) is 38.6. The Bertz CT molecular complexity index is 1360. The zero-order valence-corrected chi connectivity index (χ0v) is 27.4. The molecule has 1 N–H and O–H groups in total. The molecule has 1 aliphatic rings. The van der Waals surface area contributed by atoms with Gasteiger partial charge in [-0.1, -0.05) is 37.8 Å². The van der Waals surface area contributed by atoms with Gasteiger partial charge in [-0.25, -0.2) is 9.78 Å². The molecule has 9 nitrogen and oxygen atoms in total. The van der Waals surface area contributed by atoms with Gasteiger partial charge in [0.15, 0.2) is 0 Å². The van der Waals surface area contributed by atoms with Gasteiger partial charge in [0, 0.05) is 90.7 Å². The Labute approximate surface area is 254 Å². The zero-order valence-electron chi connectivity index (χ0n) is 25.5. The molecule has 0 aliphatic carbocycles. The number of rotatable bonds is 12. The molecule has 0 bridgehead atoms. The number of likely N-dealkylation sites (N-methyl/N-ethyl adjacent to an activating group) is 1. The molecule has 4 rings (SSSR count). The Morgan fingerprint density at radius 3 is 2.60 bits per heavy atom. The quantitative estimate of drug-likeness (QED) is 0.234. The number of benzene rings is 1. The van der Waals surface area contributed by atoms with Crippen LogP contribution in [-0.2, 0) is 0 Å². The fourth-order valence-electron chi connectivity index (χ4n) is 5.02. The first-order valence-corrected chi connectivity index (χ1v) is 19.0. The fraction of sp³-hybridized carbons (Fsp3) is 0.452. The number of pyridine rings is 1. The molecule has 1 aliphatic heterocycles. The predicted octanol–water partition coefficient (Wildman–Crippen LogP) is 6.52. The summed E-state index contributed by atoms with van der Waals surface area (Å²) in [6.45, 7) is 9.03. The maximum absolute atomic E-state index is 13.7. The van der Waals surface area contributed by atoms with Crippen LogP contribution in [0.4, 0.5) is 22.0 Å². The zero-order chi connectivity index (χ0) is 30.4. The number of hydrogen-bond acceptors (Lipinski definition) is 7. The highest BCUT2D eigenvalue weighted by Gasteiger charge is 2.28. The van der Waals surface area contributed by atoms with Crippen LogP contribution in [0.1, 0.15) is 34.2 Å². The monoisotopic (exact) mass is 609 g/mol. The first-order valence-electron chi connectivity index (χ1n) is 14.4. The lowest BCUT2D eigenvalue weighted by molar-refractivity contribution is 0.0989. The maximum atomic E-state index is 13.7. The molecule has 226 valence electrons. The van der Waals surface area contributed by atoms with Gasteiger partial charge < -0.3 is 29.4 Å². The number of nitrogens with zero attached hydrogens (tertiary/aromatic N) is 5. The van der Waals surface area contributed by atoms with Crippen LogP contribution in [0.25, 0.3) is 0 Å². The Morgan fingerprint density at radius 2 is 1.93 bits per heavy atom. The lowest BCUT2D eigenvalue weighted by Gasteiger charge is -2.25. The van der Waals surface area contributed by atoms with Gasteiger partial charge in [-0.05, 0) is 30.0 Å². The minimum Gasteiger partial charge on any atom is -0.485 e. The third kappa shape index (κ3) is 8.04. The standard InChI is InChI=1S/C31H43N5O4SSi/c1-33(2)29-21-26-25(22-32-29)30(37)36(17-16-34(26)3)23-10-7-11-24(20-23)40-27(28-12-8-18-41-28)13-15-35(31(38)39)14-9-19-42(4,5)6/h7-8,10-12,18,20-22,27H,9,13-17,19H2,1-6H3,(H,38,39). The lowest BCUT2D eigenvalue weighted by Crippen LogP contribution is -2.34. The van der Waals surface area contributed by atoms with E-state index < -0.39 is 14.2 Å². The molecule has 1 atom stereocenters. The number of anilines is 3. The smallest absolute Gasteiger partial charge is 0.407 e. The lowest BCUT2D eigenvalue weighted by atomic mass is 10.1. The molecule has 42 heavy (non-hydrogen) atoms. The molecule has 1 aromatic carbocycles. The van der Waals surface area contributed by atoms with Gasteiger partial charge in [0.1, 0.15) is 17.7 Å². The number of ether oxygens (including phenoxy) is 1. The molecule has 11 heteroatoms. The van der Waals surface area contributed by atoms with E-state index in [4.69, 9.17) is 4.74 Å². The molecular formula is C31H43N5O4SSi. The fourth-order valence-corrected chi connectivity index (χ4v) is 7.03. The first kappa shape index (κ1) is 31.4. The Balaban J connectivity index is 1.51. The topological polar surface area (TPSA) is 89.5 Å². The molecule has 0 spiro atoms. The van der Waals surface area contributed by atoms with Crippen molar-refractivity contribution in [1.82, 2.24) is 9.88 Å². The van der Waals surface area contributed by atoms with E-state index in [1.54, 1.807) is 22.4 Å². The van der Waals surface area contributed by atoms with Crippen LogP contribution in [0.5, 0.6) is 5.75 Å². The average Bonchev–Trinajstić information content (AvgIpc) is 3.44. The number of amides is 2. The van der Waals surface area contributed by atoms with Gasteiger partial charge in [0.2, 0.25) is 0 Å². The predicted molar refractivity (Wildman–Crippen MR) is 175 cm³/mol. The van der Waals surface area contributed by atoms with E-state index in [-0.39, 0.29) is 12.0 Å². The number of aromatic nitrogens is 1. The van der Waals surface area contributed by atoms with Crippen LogP contribution in [0, 0.1) is 0 Å². The third-order valence-corrected chi connectivity index (χ3v) is 10.2. The maximum Gasteiger partial charge on any atom is 0.407 e. The molecule has 0 radical (unpaired) electrons. The minimum absolute atomic E-state index is 0.102. The van der Waals surface area contributed by atoms with Crippen LogP contribution in [0.2, 0.25) is 25.7 Å². The van der Waals surface area contributed by atoms with Crippen molar-refractivity contribution in [3.8, 4) is 5.75 Å². The normalized spacial score (nSPS) is 14.3. The molecule has 2 amide bonds. The Hall–Kier alpha value is -3.57. The number of carboxylic acid groups (broad SMARTS) is 1. The van der Waals surface area contributed by atoms with Gasteiger partial charge >= 0.3 is 6.09 Å². The largest absolute Gasteiger partial charge is 0.485 e. The van der Waals surface area contributed by atoms with Crippen molar-refractivity contribution in [2.45, 2.75) is 44.6 Å². The van der Waals surface area contributed by atoms with Crippen molar-refractivity contribution < 1.29 is 19.4 Å². The first-order chi connectivity index (χ1) is 19.9. The van der Waals surface area contributed by atoms with E-state index in [0.717, 1.165) is 34.5 Å². The van der Waals surface area contributed by atoms with E-state index in [0.29, 0.717) is 43.9 Å². The van der Waals surface area contributed by atoms with Gasteiger partial charge in [-0.2, -0.15) is 0 Å². The second-order valence-electron chi connectivity index (χ2n) is 12.2. The molecule has 1 unspecified atom stereocenters. The second kappa shape index (κ2) is 13.6. The summed E-state index contributed by atoms with van der Waals surface area (Å²) >= 11 is 1.60. The van der Waals surface area contributed by atoms with Crippen molar-refractivity contribution in [2.24, 2.45) is 0 Å². The highest BCUT2D eigenvalue weighted by Crippen LogP contribution is 2.33. The molecule has 0 saturated heterocycles. The summed E-state index contributed by atoms with van der Waals surface area (Å²) < 4.78 is 6.51. The van der Waals surface area contributed by atoms with Crippen molar-refractivity contribution in [1.29, 1.82) is 0 Å². The molecule has 3 heterocycles. The third-order valence-electron chi connectivity index (χ3n) is 7.43. The van der Waals surface area contributed by atoms with Crippen LogP contribution in [-0.4, -0.2) is 82.4 Å². The van der Waals surface area contributed by atoms with Crippen LogP contribution in [0.15, 0.2) is 54.0 Å². The van der Waals surface area contributed by atoms with E-state index in [1.807, 2.05) is 73.9 Å². The van der Waals surface area contributed by atoms with Crippen LogP contribution < -0.4 is 19.4 Å². The number of thiophene rings is 1. The summed E-state index contributed by atoms with van der Waals surface area (Å²) in [6, 6.07) is 14.7. The Kier molecular flexibility index (Phi) is 10.2. The van der Waals surface area contributed by atoms with Crippen molar-refractivity contribution >= 4 is 48.6 Å². The number of carbonyl (C=O) groups is 2. The number of fused-ring (bicyclic) bond motifs is 1. The molecule has 0 saturated carbocycles. The van der Waals surface area contributed by atoms with Crippen molar-refractivity contribution in [3.63, 3.8) is 0 Å². The van der Waals surface area contributed by atoms with E-state index >= 15 is 0 Å². The van der Waals surface area contributed by atoms with Gasteiger partial charge in [0.25, 0.3) is 5.91 Å². The van der Waals surface area contributed by atoms with E-state index in [2.05, 4.69) is 29.5 Å². The molecule has 0 fully saturated rings. The Morgan fingerprint density at radius 1 is 1.14 bits per heavy atom. The van der Waals surface area contributed by atoms with Crippen molar-refractivity contribution in [2.75, 3.05) is 62.0 Å². The number of hydrogen-bond donors (Lipinski definition) is 1. The summed E-state index contributed by atoms with van der Waals surface area (Å²) in [5, 5.41) is 11.9. The molecule has 2 aromatic heterocycles. The summed E-state index contributed by atoms with van der Waals surface area (Å²) in [6.07, 6.45) is 1.87. The van der Waals surface area contributed by atoms with E-state index in [9.17, 15) is 14.7 Å². The highest BCUT2D eigenvalue weighted by atomic mass is 32.1. The number of carbonyl (C=O) groups excluding carboxylic acids is 1. The van der Waals surface area contributed by atoms with E-state index in [1.165, 1.54) is 4.90 Å². The van der Waals surface area contributed by atoms with Crippen LogP contribution >= 0.6 is 11.3 Å². The second-order valence-corrected chi connectivity index (χ2v) is 18.8. The molecular weight excluding hydrogens is 567 g/mol. The van der Waals surface area contributed by atoms with Crippen LogP contribution in [0.3, 0.4) is 0 Å². The summed E-state index contributed by atoms with van der Waals surface area (Å²) in [7, 11) is 4.62. The summed E-state index contributed by atoms with van der Waals surface area (Å²) in [5.41, 5.74) is 2.17. The van der Waals surface area contributed by atoms with Gasteiger partial charge in [0.05, 0.1) is 11.3 Å². The highest BCUT2D eigenvalue weighted by molar-refractivity contribution is 7.10. The minimum atomic E-state index is -1.24. The SMILES string of the molecule is CN(C)c1cc2c(cn1)C(=O)N(c1cccc(OC(CCN(CCC[Si](C)(C)C)C(=O)O)c3cccs3)c1)CCN2C. The summed E-state index contributed by atoms with van der Waals surface area (Å²) in [5.74, 6) is 1.34. The van der Waals surface area contributed by atoms with Gasteiger partial charge in [-0.15, -0.1) is 11.3 Å². The van der Waals surface area contributed by atoms with Gasteiger partial charge in [-0.3, -0.25) is 4.79 Å². The average molecular weight is 610 g/mol. The molecule has 3 aromatic rings. The van der Waals surface area contributed by atoms with Crippen molar-refractivity contribution in [3.05, 3.63) is 64.5 Å².